The lowest BCUT2D eigenvalue weighted by Crippen LogP contribution is -1.88. The minimum Gasteiger partial charge on any atom is -0.456 e. The summed E-state index contributed by atoms with van der Waals surface area (Å²) in [7, 11) is 0. The zero-order valence-electron chi connectivity index (χ0n) is 8.65. The first-order chi connectivity index (χ1) is 8.20. The summed E-state index contributed by atoms with van der Waals surface area (Å²) in [5, 5.41) is 9.99. The molecule has 2 nitrogen and oxygen atoms in total. The van der Waals surface area contributed by atoms with Crippen molar-refractivity contribution in [2.24, 2.45) is 0 Å². The van der Waals surface area contributed by atoms with Gasteiger partial charge in [0.25, 0.3) is 0 Å². The highest BCUT2D eigenvalue weighted by Gasteiger charge is 2.08. The molecule has 2 aromatic rings. The maximum Gasteiger partial charge on any atom is 0.146 e. The van der Waals surface area contributed by atoms with Gasteiger partial charge in [-0.15, -0.1) is 0 Å². The Morgan fingerprint density at radius 2 is 1.71 bits per heavy atom. The number of nitrogens with zero attached hydrogens (tertiary/aromatic N) is 1. The minimum absolute atomic E-state index is 0.323. The third kappa shape index (κ3) is 2.71. The van der Waals surface area contributed by atoms with Crippen molar-refractivity contribution in [2.75, 3.05) is 0 Å². The molecular weight excluding hydrogens is 257 g/mol. The molecule has 0 heterocycles. The summed E-state index contributed by atoms with van der Waals surface area (Å²) < 4.78 is 5.57. The SMILES string of the molecule is N#Cc1c(Cl)cccc1Oc1ccc(Cl)cc1. The highest BCUT2D eigenvalue weighted by Crippen LogP contribution is 2.30. The molecule has 0 aliphatic heterocycles. The average Bonchev–Trinajstić information content (AvgIpc) is 2.32. The van der Waals surface area contributed by atoms with Crippen molar-refractivity contribution in [3.8, 4) is 17.6 Å². The molecule has 0 aliphatic carbocycles. The Kier molecular flexibility index (Phi) is 3.53. The second-order valence-electron chi connectivity index (χ2n) is 3.28. The number of halogens is 2. The van der Waals surface area contributed by atoms with Crippen LogP contribution in [0.3, 0.4) is 0 Å². The Morgan fingerprint density at radius 3 is 2.35 bits per heavy atom. The van der Waals surface area contributed by atoms with Crippen LogP contribution in [-0.4, -0.2) is 0 Å². The smallest absolute Gasteiger partial charge is 0.146 e. The van der Waals surface area contributed by atoms with Crippen LogP contribution in [0.15, 0.2) is 42.5 Å². The van der Waals surface area contributed by atoms with Crippen LogP contribution < -0.4 is 4.74 Å². The molecule has 84 valence electrons. The molecule has 0 fully saturated rings. The standard InChI is InChI=1S/C13H7Cl2NO/c14-9-4-6-10(7-5-9)17-13-3-1-2-12(15)11(13)8-16/h1-7H. The van der Waals surface area contributed by atoms with E-state index in [0.717, 1.165) is 0 Å². The second-order valence-corrected chi connectivity index (χ2v) is 4.12. The van der Waals surface area contributed by atoms with Gasteiger partial charge in [-0.1, -0.05) is 29.3 Å². The predicted molar refractivity (Wildman–Crippen MR) is 67.7 cm³/mol. The van der Waals surface area contributed by atoms with Crippen LogP contribution in [-0.2, 0) is 0 Å². The number of rotatable bonds is 2. The van der Waals surface area contributed by atoms with Gasteiger partial charge < -0.3 is 4.74 Å². The summed E-state index contributed by atoms with van der Waals surface area (Å²) in [6.45, 7) is 0. The van der Waals surface area contributed by atoms with E-state index in [9.17, 15) is 0 Å². The van der Waals surface area contributed by atoms with Crippen LogP contribution >= 0.6 is 23.2 Å². The fraction of sp³-hybridized carbons (Fsp3) is 0. The van der Waals surface area contributed by atoms with E-state index in [4.69, 9.17) is 33.2 Å². The Hall–Kier alpha value is -1.69. The van der Waals surface area contributed by atoms with E-state index in [-0.39, 0.29) is 0 Å². The van der Waals surface area contributed by atoms with Gasteiger partial charge in [0.1, 0.15) is 23.1 Å². The zero-order valence-corrected chi connectivity index (χ0v) is 10.2. The molecule has 0 aliphatic rings. The summed E-state index contributed by atoms with van der Waals surface area (Å²) >= 11 is 11.7. The summed E-state index contributed by atoms with van der Waals surface area (Å²) in [6, 6.07) is 14.0. The average molecular weight is 264 g/mol. The molecule has 0 aromatic heterocycles. The molecule has 2 rings (SSSR count). The van der Waals surface area contributed by atoms with E-state index in [2.05, 4.69) is 0 Å². The molecule has 0 spiro atoms. The van der Waals surface area contributed by atoms with Crippen LogP contribution in [0.25, 0.3) is 0 Å². The fourth-order valence-corrected chi connectivity index (χ4v) is 1.66. The normalized spacial score (nSPS) is 9.71. The molecule has 0 unspecified atom stereocenters. The van der Waals surface area contributed by atoms with Gasteiger partial charge in [0, 0.05) is 5.02 Å². The third-order valence-electron chi connectivity index (χ3n) is 2.13. The van der Waals surface area contributed by atoms with Gasteiger partial charge in [-0.25, -0.2) is 0 Å². The number of ether oxygens (including phenoxy) is 1. The Morgan fingerprint density at radius 1 is 1.00 bits per heavy atom. The molecule has 0 radical (unpaired) electrons. The first-order valence-corrected chi connectivity index (χ1v) is 5.58. The van der Waals surface area contributed by atoms with Crippen molar-refractivity contribution >= 4 is 23.2 Å². The van der Waals surface area contributed by atoms with Crippen LogP contribution in [0, 0.1) is 11.3 Å². The molecule has 0 N–H and O–H groups in total. The minimum atomic E-state index is 0.323. The molecule has 0 amide bonds. The number of hydrogen-bond donors (Lipinski definition) is 0. The largest absolute Gasteiger partial charge is 0.456 e. The summed E-state index contributed by atoms with van der Waals surface area (Å²) in [5.74, 6) is 1.04. The Balaban J connectivity index is 2.34. The lowest BCUT2D eigenvalue weighted by Gasteiger charge is -2.07. The van der Waals surface area contributed by atoms with Gasteiger partial charge >= 0.3 is 0 Å². The molecule has 0 saturated carbocycles. The molecule has 0 bridgehead atoms. The van der Waals surface area contributed by atoms with Crippen molar-refractivity contribution in [2.45, 2.75) is 0 Å². The van der Waals surface area contributed by atoms with Crippen LogP contribution in [0.4, 0.5) is 0 Å². The first kappa shape index (κ1) is 11.8. The van der Waals surface area contributed by atoms with E-state index in [0.29, 0.717) is 27.1 Å². The van der Waals surface area contributed by atoms with E-state index in [1.807, 2.05) is 6.07 Å². The fourth-order valence-electron chi connectivity index (χ4n) is 1.33. The lowest BCUT2D eigenvalue weighted by molar-refractivity contribution is 0.481. The van der Waals surface area contributed by atoms with E-state index in [1.54, 1.807) is 42.5 Å². The van der Waals surface area contributed by atoms with Crippen LogP contribution in [0.5, 0.6) is 11.5 Å². The number of benzene rings is 2. The zero-order chi connectivity index (χ0) is 12.3. The molecular formula is C13H7Cl2NO. The molecule has 17 heavy (non-hydrogen) atoms. The van der Waals surface area contributed by atoms with E-state index < -0.39 is 0 Å². The summed E-state index contributed by atoms with van der Waals surface area (Å²) in [6.07, 6.45) is 0. The van der Waals surface area contributed by atoms with Crippen molar-refractivity contribution in [1.82, 2.24) is 0 Å². The van der Waals surface area contributed by atoms with Gasteiger partial charge in [0.2, 0.25) is 0 Å². The van der Waals surface area contributed by atoms with E-state index >= 15 is 0 Å². The summed E-state index contributed by atoms with van der Waals surface area (Å²) in [4.78, 5) is 0. The maximum atomic E-state index is 8.99. The van der Waals surface area contributed by atoms with Crippen molar-refractivity contribution in [3.63, 3.8) is 0 Å². The predicted octanol–water partition coefficient (Wildman–Crippen LogP) is 4.66. The number of nitriles is 1. The van der Waals surface area contributed by atoms with Gasteiger partial charge in [0.05, 0.1) is 5.02 Å². The van der Waals surface area contributed by atoms with E-state index in [1.165, 1.54) is 0 Å². The summed E-state index contributed by atoms with van der Waals surface area (Å²) in [5.41, 5.74) is 0.323. The maximum absolute atomic E-state index is 8.99. The topological polar surface area (TPSA) is 33.0 Å². The third-order valence-corrected chi connectivity index (χ3v) is 2.70. The molecule has 0 saturated heterocycles. The van der Waals surface area contributed by atoms with Gasteiger partial charge in [-0.05, 0) is 36.4 Å². The molecule has 0 atom stereocenters. The number of hydrogen-bond acceptors (Lipinski definition) is 2. The Bertz CT molecular complexity index is 573. The monoisotopic (exact) mass is 263 g/mol. The quantitative estimate of drug-likeness (QED) is 0.790. The van der Waals surface area contributed by atoms with Gasteiger partial charge in [0.15, 0.2) is 0 Å². The second kappa shape index (κ2) is 5.09. The molecule has 4 heteroatoms. The van der Waals surface area contributed by atoms with Crippen molar-refractivity contribution in [3.05, 3.63) is 58.1 Å². The molecule has 2 aromatic carbocycles. The van der Waals surface area contributed by atoms with Crippen LogP contribution in [0.1, 0.15) is 5.56 Å². The highest BCUT2D eigenvalue weighted by molar-refractivity contribution is 6.32. The van der Waals surface area contributed by atoms with Gasteiger partial charge in [-0.3, -0.25) is 0 Å². The van der Waals surface area contributed by atoms with Crippen molar-refractivity contribution < 1.29 is 4.74 Å². The first-order valence-electron chi connectivity index (χ1n) is 4.83. The lowest BCUT2D eigenvalue weighted by atomic mass is 10.2. The highest BCUT2D eigenvalue weighted by atomic mass is 35.5. The Labute approximate surface area is 109 Å². The van der Waals surface area contributed by atoms with Crippen LogP contribution in [0.2, 0.25) is 10.0 Å². The van der Waals surface area contributed by atoms with Crippen molar-refractivity contribution in [1.29, 1.82) is 5.26 Å². The van der Waals surface area contributed by atoms with Gasteiger partial charge in [-0.2, -0.15) is 5.26 Å².